The Balaban J connectivity index is 1.83. The number of aromatic nitrogens is 4. The van der Waals surface area contributed by atoms with Crippen molar-refractivity contribution in [1.82, 2.24) is 29.4 Å². The minimum atomic E-state index is -4.91. The molecule has 2 aromatic heterocycles. The number of thiazole rings is 1. The number of nitrogen functional groups attached to an aromatic ring is 1. The van der Waals surface area contributed by atoms with Gasteiger partial charge in [-0.2, -0.15) is 13.5 Å². The molecule has 0 aliphatic carbocycles. The molecule has 16 nitrogen and oxygen atoms in total. The maximum Gasteiger partial charge on any atom is 0.362 e. The smallest absolute Gasteiger partial charge is 0.362 e. The van der Waals surface area contributed by atoms with Crippen molar-refractivity contribution in [2.45, 2.75) is 18.6 Å². The molecule has 3 heterocycles. The van der Waals surface area contributed by atoms with E-state index < -0.39 is 52.5 Å². The lowest BCUT2D eigenvalue weighted by Gasteiger charge is -2.43. The van der Waals surface area contributed by atoms with Crippen molar-refractivity contribution in [1.29, 1.82) is 0 Å². The van der Waals surface area contributed by atoms with Crippen LogP contribution in [0.5, 0.6) is 0 Å². The lowest BCUT2D eigenvalue weighted by Crippen LogP contribution is -2.73. The minimum Gasteiger partial charge on any atom is -0.479 e. The Morgan fingerprint density at radius 2 is 2.16 bits per heavy atom. The fourth-order valence-electron chi connectivity index (χ4n) is 2.62. The molecule has 0 aromatic carbocycles. The molecule has 0 bridgehead atoms. The maximum atomic E-state index is 12.7. The summed E-state index contributed by atoms with van der Waals surface area (Å²) in [5, 5.41) is 19.6. The molecule has 18 heteroatoms. The number of amides is 2. The first-order valence-corrected chi connectivity index (χ1v) is 10.4. The van der Waals surface area contributed by atoms with Gasteiger partial charge in [-0.3, -0.25) is 18.8 Å². The van der Waals surface area contributed by atoms with Crippen LogP contribution in [0.4, 0.5) is 5.13 Å². The predicted molar refractivity (Wildman–Crippen MR) is 101 cm³/mol. The van der Waals surface area contributed by atoms with E-state index in [2.05, 4.69) is 30.4 Å². The number of rotatable bonds is 9. The van der Waals surface area contributed by atoms with E-state index in [1.807, 2.05) is 0 Å². The van der Waals surface area contributed by atoms with E-state index in [-0.39, 0.29) is 21.7 Å². The normalized spacial score (nSPS) is 19.1. The van der Waals surface area contributed by atoms with Crippen molar-refractivity contribution >= 4 is 50.3 Å². The molecule has 1 aliphatic rings. The Labute approximate surface area is 177 Å². The quantitative estimate of drug-likeness (QED) is 0.126. The Hall–Kier alpha value is -3.64. The second-order valence-corrected chi connectivity index (χ2v) is 8.10. The van der Waals surface area contributed by atoms with Crippen LogP contribution < -0.4 is 11.1 Å². The van der Waals surface area contributed by atoms with Gasteiger partial charge in [0.05, 0.1) is 12.6 Å². The molecule has 166 valence electrons. The van der Waals surface area contributed by atoms with Gasteiger partial charge in [-0.05, 0) is 0 Å². The van der Waals surface area contributed by atoms with Crippen molar-refractivity contribution < 1.29 is 37.3 Å². The summed E-state index contributed by atoms with van der Waals surface area (Å²) in [6.07, 6.45) is 2.41. The van der Waals surface area contributed by atoms with Gasteiger partial charge in [-0.25, -0.2) is 19.1 Å². The maximum absolute atomic E-state index is 12.7. The zero-order valence-electron chi connectivity index (χ0n) is 15.2. The molecule has 5 N–H and O–H groups in total. The molecule has 1 unspecified atom stereocenters. The Morgan fingerprint density at radius 3 is 2.71 bits per heavy atom. The molecular formula is C13H14N8O8S2. The fourth-order valence-corrected chi connectivity index (χ4v) is 4.04. The molecular weight excluding hydrogens is 460 g/mol. The largest absolute Gasteiger partial charge is 0.479 e. The Bertz CT molecular complexity index is 1130. The highest BCUT2D eigenvalue weighted by Crippen LogP contribution is 2.25. The Kier molecular flexibility index (Phi) is 6.13. The lowest BCUT2D eigenvalue weighted by atomic mass is 9.98. The number of nitrogens with one attached hydrogen (secondary N) is 1. The van der Waals surface area contributed by atoms with Crippen LogP contribution in [0.25, 0.3) is 0 Å². The van der Waals surface area contributed by atoms with E-state index in [1.165, 1.54) is 22.7 Å². The number of hydrogen-bond acceptors (Lipinski definition) is 12. The molecule has 0 saturated carbocycles. The van der Waals surface area contributed by atoms with Crippen molar-refractivity contribution in [3.05, 3.63) is 23.7 Å². The first kappa shape index (κ1) is 22.1. The number of β-lactam (4-membered cyclic amide) rings is 1. The van der Waals surface area contributed by atoms with Crippen LogP contribution in [0.15, 0.2) is 23.2 Å². The summed E-state index contributed by atoms with van der Waals surface area (Å²) >= 11 is 0.964. The van der Waals surface area contributed by atoms with Crippen LogP contribution in [0.3, 0.4) is 0 Å². The molecule has 31 heavy (non-hydrogen) atoms. The van der Waals surface area contributed by atoms with Crippen molar-refractivity contribution in [2.75, 3.05) is 12.3 Å². The summed E-state index contributed by atoms with van der Waals surface area (Å²) in [5.41, 5.74) is 4.98. The van der Waals surface area contributed by atoms with E-state index in [0.29, 0.717) is 0 Å². The van der Waals surface area contributed by atoms with Gasteiger partial charge in [-0.1, -0.05) is 5.16 Å². The zero-order valence-corrected chi connectivity index (χ0v) is 16.9. The van der Waals surface area contributed by atoms with Gasteiger partial charge in [-0.15, -0.1) is 11.3 Å². The van der Waals surface area contributed by atoms with Crippen LogP contribution in [0.1, 0.15) is 5.69 Å². The molecule has 1 saturated heterocycles. The fraction of sp³-hybridized carbons (Fsp3) is 0.308. The number of carbonyl (C=O) groups excluding carboxylic acids is 2. The number of carbonyl (C=O) groups is 3. The molecule has 2 amide bonds. The summed E-state index contributed by atoms with van der Waals surface area (Å²) in [6.45, 7) is -1.08. The molecule has 0 spiro atoms. The van der Waals surface area contributed by atoms with Gasteiger partial charge in [0.25, 0.3) is 11.8 Å². The second kappa shape index (κ2) is 8.62. The second-order valence-electron chi connectivity index (χ2n) is 5.93. The average Bonchev–Trinajstić information content (AvgIpc) is 3.33. The average molecular weight is 474 g/mol. The van der Waals surface area contributed by atoms with Crippen molar-refractivity contribution in [2.24, 2.45) is 5.16 Å². The standard InChI is InChI=1S/C13H14N8O8S2/c14-13-17-6(3-30-13)9(19-29-2-8(22)23)11(24)18-10-7(1-20-5-15-4-16-20)21(12(10)25)31(26,27)28/h3-5,7,10H,1-2H2,(H2,14,17)(H,18,24)(H,22,23)(H,26,27,28)/b19-9-/t7-,10?/m1/s1. The summed E-state index contributed by atoms with van der Waals surface area (Å²) in [5.74, 6) is -3.48. The minimum absolute atomic E-state index is 0.0587. The molecule has 0 radical (unpaired) electrons. The summed E-state index contributed by atoms with van der Waals surface area (Å²) in [6, 6.07) is -2.62. The van der Waals surface area contributed by atoms with E-state index in [1.54, 1.807) is 0 Å². The number of hydrogen-bond donors (Lipinski definition) is 4. The van der Waals surface area contributed by atoms with Crippen LogP contribution in [0, 0.1) is 0 Å². The van der Waals surface area contributed by atoms with Gasteiger partial charge in [0.1, 0.15) is 24.4 Å². The molecule has 3 rings (SSSR count). The highest BCUT2D eigenvalue weighted by molar-refractivity contribution is 7.84. The lowest BCUT2D eigenvalue weighted by molar-refractivity contribution is -0.145. The van der Waals surface area contributed by atoms with Crippen LogP contribution in [0.2, 0.25) is 0 Å². The summed E-state index contributed by atoms with van der Waals surface area (Å²) in [4.78, 5) is 47.8. The van der Waals surface area contributed by atoms with E-state index in [4.69, 9.17) is 10.8 Å². The Morgan fingerprint density at radius 1 is 1.42 bits per heavy atom. The van der Waals surface area contributed by atoms with Gasteiger partial charge in [0, 0.05) is 5.38 Å². The molecule has 1 fully saturated rings. The third-order valence-electron chi connectivity index (χ3n) is 3.87. The van der Waals surface area contributed by atoms with Gasteiger partial charge in [0.15, 0.2) is 10.8 Å². The molecule has 2 atom stereocenters. The van der Waals surface area contributed by atoms with Crippen molar-refractivity contribution in [3.63, 3.8) is 0 Å². The van der Waals surface area contributed by atoms with Crippen LogP contribution in [-0.2, 0) is 36.1 Å². The van der Waals surface area contributed by atoms with Gasteiger partial charge in [0.2, 0.25) is 6.61 Å². The third kappa shape index (κ3) is 4.92. The van der Waals surface area contributed by atoms with Crippen LogP contribution >= 0.6 is 11.3 Å². The van der Waals surface area contributed by atoms with E-state index >= 15 is 0 Å². The highest BCUT2D eigenvalue weighted by Gasteiger charge is 2.54. The first-order chi connectivity index (χ1) is 14.6. The van der Waals surface area contributed by atoms with E-state index in [9.17, 15) is 27.4 Å². The molecule has 1 aliphatic heterocycles. The SMILES string of the molecule is Nc1nc(/C(=N/OCC(=O)O)C(=O)NC2C(=O)N(S(=O)(=O)O)[C@@H]2Cn2cncn2)cs1. The molecule has 2 aromatic rings. The number of carboxylic acids is 1. The number of nitrogens with zero attached hydrogens (tertiary/aromatic N) is 6. The van der Waals surface area contributed by atoms with Gasteiger partial charge < -0.3 is 21.0 Å². The topological polar surface area (TPSA) is 232 Å². The first-order valence-electron chi connectivity index (χ1n) is 8.15. The monoisotopic (exact) mass is 474 g/mol. The van der Waals surface area contributed by atoms with Crippen molar-refractivity contribution in [3.8, 4) is 0 Å². The number of nitrogens with two attached hydrogens (primary N) is 1. The zero-order chi connectivity index (χ0) is 22.8. The third-order valence-corrected chi connectivity index (χ3v) is 5.49. The van der Waals surface area contributed by atoms with E-state index in [0.717, 1.165) is 11.3 Å². The number of aliphatic carboxylic acids is 1. The number of anilines is 1. The van der Waals surface area contributed by atoms with Gasteiger partial charge >= 0.3 is 16.3 Å². The number of carboxylic acid groups (broad SMARTS) is 1. The predicted octanol–water partition coefficient (Wildman–Crippen LogP) is -2.68. The van der Waals surface area contributed by atoms with Crippen LogP contribution in [-0.4, -0.2) is 84.3 Å². The highest BCUT2D eigenvalue weighted by atomic mass is 32.2. The number of oxime groups is 1. The summed E-state index contributed by atoms with van der Waals surface area (Å²) in [7, 11) is -4.91. The summed E-state index contributed by atoms with van der Waals surface area (Å²) < 4.78 is 33.8.